The Labute approximate surface area is 165 Å². The fourth-order valence-electron chi connectivity index (χ4n) is 3.17. The summed E-state index contributed by atoms with van der Waals surface area (Å²) in [5.74, 6) is 5.80. The maximum atomic E-state index is 11.6. The summed E-state index contributed by atoms with van der Waals surface area (Å²) in [6, 6.07) is 19.8. The maximum absolute atomic E-state index is 11.6. The van der Waals surface area contributed by atoms with Crippen molar-refractivity contribution >= 4 is 11.7 Å². The fourth-order valence-corrected chi connectivity index (χ4v) is 3.17. The molecule has 0 aliphatic carbocycles. The van der Waals surface area contributed by atoms with Gasteiger partial charge in [0.1, 0.15) is 12.4 Å². The minimum atomic E-state index is -0.491. The van der Waals surface area contributed by atoms with Crippen LogP contribution < -0.4 is 21.3 Å². The number of amides is 2. The van der Waals surface area contributed by atoms with Crippen molar-refractivity contribution in [1.82, 2.24) is 5.43 Å². The zero-order chi connectivity index (χ0) is 20.1. The molecule has 0 aliphatic rings. The number of ether oxygens (including phenoxy) is 1. The van der Waals surface area contributed by atoms with Gasteiger partial charge in [0, 0.05) is 0 Å². The Morgan fingerprint density at radius 3 is 2.39 bits per heavy atom. The Hall–Kier alpha value is -3.31. The van der Waals surface area contributed by atoms with E-state index < -0.39 is 6.03 Å². The number of nitrogens with one attached hydrogen (secondary N) is 2. The van der Waals surface area contributed by atoms with Crippen molar-refractivity contribution in [3.8, 4) is 16.9 Å². The molecule has 0 fully saturated rings. The largest absolute Gasteiger partial charge is 0.486 e. The second-order valence-corrected chi connectivity index (χ2v) is 6.79. The Morgan fingerprint density at radius 2 is 1.68 bits per heavy atom. The lowest BCUT2D eigenvalue weighted by molar-refractivity contribution is 0.252. The lowest BCUT2D eigenvalue weighted by Gasteiger charge is -2.16. The van der Waals surface area contributed by atoms with E-state index in [2.05, 4.69) is 61.0 Å². The van der Waals surface area contributed by atoms with Crippen LogP contribution in [0.25, 0.3) is 11.1 Å². The number of hydrogen-bond donors (Lipinski definition) is 3. The van der Waals surface area contributed by atoms with Crippen LogP contribution in [0.4, 0.5) is 10.5 Å². The molecule has 0 aliphatic heterocycles. The van der Waals surface area contributed by atoms with E-state index in [0.717, 1.165) is 16.7 Å². The van der Waals surface area contributed by atoms with E-state index in [9.17, 15) is 4.79 Å². The third-order valence-corrected chi connectivity index (χ3v) is 4.76. The van der Waals surface area contributed by atoms with Gasteiger partial charge < -0.3 is 10.1 Å². The molecule has 5 nitrogen and oxygen atoms in total. The number of aryl methyl sites for hydroxylation is 3. The molecule has 0 radical (unpaired) electrons. The molecular formula is C23H25N3O2. The standard InChI is InChI=1S/C23H25N3O2/c1-15-7-4-5-9-20(15)18-11-12-19(17(3)13-18)14-28-22-16(2)8-6-10-21(22)25-23(27)26-24/h4-13H,14,24H2,1-3H3,(H2,25,26,27). The number of hydrogen-bond acceptors (Lipinski definition) is 3. The molecule has 0 aromatic heterocycles. The highest BCUT2D eigenvalue weighted by Gasteiger charge is 2.11. The number of rotatable bonds is 5. The third-order valence-electron chi connectivity index (χ3n) is 4.76. The van der Waals surface area contributed by atoms with Crippen LogP contribution in [0, 0.1) is 20.8 Å². The van der Waals surface area contributed by atoms with Crippen molar-refractivity contribution in [2.45, 2.75) is 27.4 Å². The number of para-hydroxylation sites is 1. The number of hydrazine groups is 1. The highest BCUT2D eigenvalue weighted by atomic mass is 16.5. The normalized spacial score (nSPS) is 10.4. The molecule has 144 valence electrons. The van der Waals surface area contributed by atoms with E-state index in [1.807, 2.05) is 25.1 Å². The smallest absolute Gasteiger partial charge is 0.333 e. The predicted octanol–water partition coefficient (Wildman–Crippen LogP) is 4.85. The SMILES string of the molecule is Cc1cc(-c2ccccc2C)ccc1COc1c(C)cccc1NC(=O)NN. The van der Waals surface area contributed by atoms with Crippen LogP contribution in [0.3, 0.4) is 0 Å². The van der Waals surface area contributed by atoms with Crippen molar-refractivity contribution in [2.24, 2.45) is 5.84 Å². The van der Waals surface area contributed by atoms with Crippen molar-refractivity contribution in [3.05, 3.63) is 82.9 Å². The van der Waals surface area contributed by atoms with Gasteiger partial charge in [0.05, 0.1) is 5.69 Å². The number of carbonyl (C=O) groups excluding carboxylic acids is 1. The number of carbonyl (C=O) groups is 1. The van der Waals surface area contributed by atoms with Crippen molar-refractivity contribution in [3.63, 3.8) is 0 Å². The van der Waals surface area contributed by atoms with Crippen LogP contribution in [0.15, 0.2) is 60.7 Å². The molecule has 0 saturated heterocycles. The minimum absolute atomic E-state index is 0.406. The second-order valence-electron chi connectivity index (χ2n) is 6.79. The topological polar surface area (TPSA) is 76.4 Å². The van der Waals surface area contributed by atoms with Crippen LogP contribution in [-0.2, 0) is 6.61 Å². The van der Waals surface area contributed by atoms with E-state index >= 15 is 0 Å². The summed E-state index contributed by atoms with van der Waals surface area (Å²) < 4.78 is 6.07. The average Bonchev–Trinajstić information content (AvgIpc) is 2.68. The predicted molar refractivity (Wildman–Crippen MR) is 113 cm³/mol. The lowest BCUT2D eigenvalue weighted by atomic mass is 9.97. The molecule has 0 spiro atoms. The van der Waals surface area contributed by atoms with Crippen molar-refractivity contribution < 1.29 is 9.53 Å². The lowest BCUT2D eigenvalue weighted by Crippen LogP contribution is -2.34. The molecule has 0 atom stereocenters. The molecule has 3 aromatic rings. The Morgan fingerprint density at radius 1 is 0.929 bits per heavy atom. The molecule has 3 rings (SSSR count). The summed E-state index contributed by atoms with van der Waals surface area (Å²) in [4.78, 5) is 11.6. The van der Waals surface area contributed by atoms with Gasteiger partial charge in [-0.2, -0.15) is 0 Å². The van der Waals surface area contributed by atoms with Crippen LogP contribution in [-0.4, -0.2) is 6.03 Å². The Balaban J connectivity index is 1.81. The molecule has 5 heteroatoms. The molecule has 0 saturated carbocycles. The summed E-state index contributed by atoms with van der Waals surface area (Å²) in [6.45, 7) is 6.55. The summed E-state index contributed by atoms with van der Waals surface area (Å²) >= 11 is 0. The molecular weight excluding hydrogens is 350 g/mol. The van der Waals surface area contributed by atoms with Gasteiger partial charge in [-0.15, -0.1) is 0 Å². The Kier molecular flexibility index (Phi) is 5.96. The van der Waals surface area contributed by atoms with E-state index in [1.165, 1.54) is 16.7 Å². The maximum Gasteiger partial charge on any atom is 0.333 e. The van der Waals surface area contributed by atoms with Gasteiger partial charge in [0.25, 0.3) is 0 Å². The zero-order valence-electron chi connectivity index (χ0n) is 16.4. The molecule has 0 unspecified atom stereocenters. The first kappa shape index (κ1) is 19.5. The van der Waals surface area contributed by atoms with Gasteiger partial charge in [0.2, 0.25) is 0 Å². The number of nitrogens with two attached hydrogens (primary N) is 1. The van der Waals surface area contributed by atoms with Gasteiger partial charge in [-0.3, -0.25) is 5.43 Å². The van der Waals surface area contributed by atoms with Crippen LogP contribution in [0.5, 0.6) is 5.75 Å². The summed E-state index contributed by atoms with van der Waals surface area (Å²) in [5.41, 5.74) is 9.50. The van der Waals surface area contributed by atoms with Crippen molar-refractivity contribution in [1.29, 1.82) is 0 Å². The van der Waals surface area contributed by atoms with E-state index in [4.69, 9.17) is 10.6 Å². The highest BCUT2D eigenvalue weighted by molar-refractivity contribution is 5.90. The highest BCUT2D eigenvalue weighted by Crippen LogP contribution is 2.30. The van der Waals surface area contributed by atoms with Gasteiger partial charge in [-0.25, -0.2) is 10.6 Å². The fraction of sp³-hybridized carbons (Fsp3) is 0.174. The van der Waals surface area contributed by atoms with Gasteiger partial charge in [-0.1, -0.05) is 54.6 Å². The molecule has 2 amide bonds. The molecule has 3 aromatic carbocycles. The molecule has 4 N–H and O–H groups in total. The first-order valence-electron chi connectivity index (χ1n) is 9.15. The third kappa shape index (κ3) is 4.32. The monoisotopic (exact) mass is 375 g/mol. The number of benzene rings is 3. The Bertz CT molecular complexity index is 999. The van der Waals surface area contributed by atoms with E-state index in [-0.39, 0.29) is 0 Å². The first-order chi connectivity index (χ1) is 13.5. The summed E-state index contributed by atoms with van der Waals surface area (Å²) in [7, 11) is 0. The molecule has 0 bridgehead atoms. The van der Waals surface area contributed by atoms with Crippen LogP contribution in [0.1, 0.15) is 22.3 Å². The van der Waals surface area contributed by atoms with E-state index in [0.29, 0.717) is 18.0 Å². The van der Waals surface area contributed by atoms with Gasteiger partial charge in [0.15, 0.2) is 0 Å². The van der Waals surface area contributed by atoms with Gasteiger partial charge >= 0.3 is 6.03 Å². The molecule has 0 heterocycles. The first-order valence-corrected chi connectivity index (χ1v) is 9.15. The van der Waals surface area contributed by atoms with Crippen molar-refractivity contribution in [2.75, 3.05) is 5.32 Å². The quantitative estimate of drug-likeness (QED) is 0.339. The van der Waals surface area contributed by atoms with Gasteiger partial charge in [-0.05, 0) is 60.2 Å². The summed E-state index contributed by atoms with van der Waals surface area (Å²) in [6.07, 6.45) is 0. The average molecular weight is 375 g/mol. The zero-order valence-corrected chi connectivity index (χ0v) is 16.4. The molecule has 28 heavy (non-hydrogen) atoms. The second kappa shape index (κ2) is 8.59. The van der Waals surface area contributed by atoms with Crippen LogP contribution in [0.2, 0.25) is 0 Å². The number of anilines is 1. The van der Waals surface area contributed by atoms with E-state index in [1.54, 1.807) is 6.07 Å². The summed E-state index contributed by atoms with van der Waals surface area (Å²) in [5, 5.41) is 2.69. The number of urea groups is 1. The minimum Gasteiger partial charge on any atom is -0.486 e. The van der Waals surface area contributed by atoms with Crippen LogP contribution >= 0.6 is 0 Å².